The Labute approximate surface area is 126 Å². The Bertz CT molecular complexity index is 864. The highest BCUT2D eigenvalue weighted by atomic mass is 16.3. The Morgan fingerprint density at radius 1 is 1.09 bits per heavy atom. The van der Waals surface area contributed by atoms with Gasteiger partial charge in [-0.1, -0.05) is 46.3 Å². The third-order valence-electron chi connectivity index (χ3n) is 3.19. The number of aromatic nitrogens is 3. The van der Waals surface area contributed by atoms with Crippen LogP contribution >= 0.6 is 0 Å². The number of nitrogens with zero attached hydrogens (tertiary/aromatic N) is 3. The minimum Gasteiger partial charge on any atom is -0.855 e. The van der Waals surface area contributed by atoms with Crippen molar-refractivity contribution in [2.75, 3.05) is 0 Å². The van der Waals surface area contributed by atoms with Crippen LogP contribution in [0.1, 0.15) is 5.69 Å². The standard InChI is InChI=1S/C16H14N4O2/c1-19-14(15(21)17-12-8-4-2-5-9-12)16(22)20(18-19)13-10-6-3-7-11-13/h2-11H,1H3,(H-,17,18,21,22). The van der Waals surface area contributed by atoms with Crippen LogP contribution in [-0.4, -0.2) is 15.8 Å². The van der Waals surface area contributed by atoms with Gasteiger partial charge in [0.2, 0.25) is 5.69 Å². The van der Waals surface area contributed by atoms with Gasteiger partial charge in [-0.25, -0.2) is 4.79 Å². The summed E-state index contributed by atoms with van der Waals surface area (Å²) in [6.07, 6.45) is 0. The summed E-state index contributed by atoms with van der Waals surface area (Å²) in [5.41, 5.74) is 0.715. The van der Waals surface area contributed by atoms with Crippen LogP contribution in [0.3, 0.4) is 0 Å². The van der Waals surface area contributed by atoms with E-state index in [0.29, 0.717) is 11.4 Å². The largest absolute Gasteiger partial charge is 0.855 e. The van der Waals surface area contributed by atoms with E-state index in [9.17, 15) is 9.90 Å². The average Bonchev–Trinajstić information content (AvgIpc) is 2.84. The molecule has 0 radical (unpaired) electrons. The lowest BCUT2D eigenvalue weighted by Gasteiger charge is -2.04. The summed E-state index contributed by atoms with van der Waals surface area (Å²) in [7, 11) is 1.61. The lowest BCUT2D eigenvalue weighted by molar-refractivity contribution is -0.734. The number of H-pyrrole nitrogens is 1. The third-order valence-corrected chi connectivity index (χ3v) is 3.19. The number of nitrogens with one attached hydrogen (secondary N) is 1. The van der Waals surface area contributed by atoms with Crippen LogP contribution in [0.25, 0.3) is 5.69 Å². The summed E-state index contributed by atoms with van der Waals surface area (Å²) in [4.78, 5) is 16.4. The first-order valence-corrected chi connectivity index (χ1v) is 6.74. The molecule has 0 aliphatic heterocycles. The lowest BCUT2D eigenvalue weighted by atomic mass is 10.3. The summed E-state index contributed by atoms with van der Waals surface area (Å²) in [5, 5.41) is 15.1. The van der Waals surface area contributed by atoms with Crippen molar-refractivity contribution in [3.05, 3.63) is 76.7 Å². The molecule has 0 saturated carbocycles. The zero-order valence-corrected chi connectivity index (χ0v) is 11.9. The van der Waals surface area contributed by atoms with Crippen molar-refractivity contribution >= 4 is 11.6 Å². The van der Waals surface area contributed by atoms with E-state index in [1.807, 2.05) is 24.3 Å². The third kappa shape index (κ3) is 2.54. The molecule has 0 spiro atoms. The van der Waals surface area contributed by atoms with Crippen molar-refractivity contribution in [3.63, 3.8) is 0 Å². The average molecular weight is 294 g/mol. The van der Waals surface area contributed by atoms with Gasteiger partial charge < -0.3 is 5.11 Å². The molecule has 6 nitrogen and oxygen atoms in total. The lowest BCUT2D eigenvalue weighted by Crippen LogP contribution is -2.43. The van der Waals surface area contributed by atoms with Gasteiger partial charge in [-0.2, -0.15) is 4.68 Å². The molecule has 1 N–H and O–H groups in total. The number of aryl methyl sites for hydroxylation is 1. The van der Waals surface area contributed by atoms with E-state index in [2.05, 4.69) is 10.2 Å². The zero-order valence-electron chi connectivity index (χ0n) is 11.9. The Morgan fingerprint density at radius 3 is 2.32 bits per heavy atom. The molecule has 3 rings (SSSR count). The maximum atomic E-state index is 12.5. The number of aliphatic imine (C=N–C) groups is 1. The van der Waals surface area contributed by atoms with Gasteiger partial charge in [0.05, 0.1) is 5.69 Å². The van der Waals surface area contributed by atoms with Crippen LogP contribution < -0.4 is 15.3 Å². The first kappa shape index (κ1) is 13.8. The van der Waals surface area contributed by atoms with Gasteiger partial charge in [-0.15, -0.1) is 0 Å². The Balaban J connectivity index is 2.08. The van der Waals surface area contributed by atoms with E-state index in [1.54, 1.807) is 43.4 Å². The fraction of sp³-hybridized carbons (Fsp3) is 0.0625. The van der Waals surface area contributed by atoms with E-state index < -0.39 is 11.5 Å². The quantitative estimate of drug-likeness (QED) is 0.432. The van der Waals surface area contributed by atoms with Crippen LogP contribution in [0.5, 0.6) is 0 Å². The molecule has 1 aromatic heterocycles. The molecular weight excluding hydrogens is 280 g/mol. The summed E-state index contributed by atoms with van der Waals surface area (Å²) in [6, 6.07) is 17.9. The van der Waals surface area contributed by atoms with E-state index in [0.717, 1.165) is 0 Å². The van der Waals surface area contributed by atoms with E-state index in [-0.39, 0.29) is 5.69 Å². The molecule has 0 aliphatic rings. The van der Waals surface area contributed by atoms with Crippen molar-refractivity contribution in [1.82, 2.24) is 9.90 Å². The van der Waals surface area contributed by atoms with E-state index >= 15 is 0 Å². The van der Waals surface area contributed by atoms with Gasteiger partial charge in [0.15, 0.2) is 5.69 Å². The van der Waals surface area contributed by atoms with E-state index in [4.69, 9.17) is 0 Å². The fourth-order valence-corrected chi connectivity index (χ4v) is 2.15. The highest BCUT2D eigenvalue weighted by Crippen LogP contribution is 2.10. The molecule has 0 fully saturated rings. The number of rotatable bonds is 3. The first-order chi connectivity index (χ1) is 10.7. The maximum Gasteiger partial charge on any atom is 0.406 e. The molecule has 0 amide bonds. The molecule has 0 saturated heterocycles. The summed E-state index contributed by atoms with van der Waals surface area (Å²) in [6.45, 7) is 0. The Morgan fingerprint density at radius 2 is 1.68 bits per heavy atom. The van der Waals surface area contributed by atoms with Gasteiger partial charge in [0.25, 0.3) is 0 Å². The number of hydrogen-bond donors (Lipinski definition) is 1. The van der Waals surface area contributed by atoms with Gasteiger partial charge in [0, 0.05) is 5.90 Å². The maximum absolute atomic E-state index is 12.5. The van der Waals surface area contributed by atoms with Gasteiger partial charge in [-0.05, 0) is 24.3 Å². The van der Waals surface area contributed by atoms with Crippen molar-refractivity contribution in [2.24, 2.45) is 12.0 Å². The molecule has 0 atom stereocenters. The van der Waals surface area contributed by atoms with Gasteiger partial charge in [-0.3, -0.25) is 4.99 Å². The predicted molar refractivity (Wildman–Crippen MR) is 80.2 cm³/mol. The molecule has 110 valence electrons. The summed E-state index contributed by atoms with van der Waals surface area (Å²) >= 11 is 0. The monoisotopic (exact) mass is 294 g/mol. The second-order valence-electron chi connectivity index (χ2n) is 4.74. The fourth-order valence-electron chi connectivity index (χ4n) is 2.15. The molecule has 0 bridgehead atoms. The van der Waals surface area contributed by atoms with Crippen LogP contribution in [0.4, 0.5) is 5.69 Å². The SMILES string of the molecule is C[n+]1[nH]n(-c2ccccc2)c(=O)c1C([O-])=Nc1ccccc1. The molecule has 1 heterocycles. The molecule has 0 unspecified atom stereocenters. The molecular formula is C16H14N4O2. The van der Waals surface area contributed by atoms with E-state index in [1.165, 1.54) is 9.36 Å². The van der Waals surface area contributed by atoms with Gasteiger partial charge >= 0.3 is 5.56 Å². The number of para-hydroxylation sites is 2. The topological polar surface area (TPSA) is 77.1 Å². The number of hydrogen-bond acceptors (Lipinski definition) is 3. The number of aromatic amines is 1. The second-order valence-corrected chi connectivity index (χ2v) is 4.74. The van der Waals surface area contributed by atoms with Gasteiger partial charge in [0.1, 0.15) is 7.05 Å². The highest BCUT2D eigenvalue weighted by molar-refractivity contribution is 5.88. The predicted octanol–water partition coefficient (Wildman–Crippen LogP) is 0.429. The first-order valence-electron chi connectivity index (χ1n) is 6.74. The van der Waals surface area contributed by atoms with Crippen molar-refractivity contribution in [2.45, 2.75) is 0 Å². The van der Waals surface area contributed by atoms with Crippen LogP contribution in [0, 0.1) is 0 Å². The Kier molecular flexibility index (Phi) is 3.57. The summed E-state index contributed by atoms with van der Waals surface area (Å²) in [5.74, 6) is -0.579. The van der Waals surface area contributed by atoms with Crippen LogP contribution in [0.15, 0.2) is 70.5 Å². The molecule has 6 heteroatoms. The molecule has 0 aliphatic carbocycles. The summed E-state index contributed by atoms with van der Waals surface area (Å²) < 4.78 is 2.69. The molecule has 22 heavy (non-hydrogen) atoms. The minimum absolute atomic E-state index is 0.0206. The minimum atomic E-state index is -0.579. The van der Waals surface area contributed by atoms with Crippen LogP contribution in [0.2, 0.25) is 0 Å². The molecule has 2 aromatic carbocycles. The van der Waals surface area contributed by atoms with Crippen molar-refractivity contribution in [1.29, 1.82) is 0 Å². The normalized spacial score (nSPS) is 11.6. The van der Waals surface area contributed by atoms with Crippen molar-refractivity contribution < 1.29 is 9.79 Å². The highest BCUT2D eigenvalue weighted by Gasteiger charge is 2.20. The second kappa shape index (κ2) is 5.69. The number of benzene rings is 2. The van der Waals surface area contributed by atoms with Crippen molar-refractivity contribution in [3.8, 4) is 5.69 Å². The van der Waals surface area contributed by atoms with Crippen LogP contribution in [-0.2, 0) is 7.05 Å². The molecule has 3 aromatic rings. The smallest absolute Gasteiger partial charge is 0.406 e. The zero-order chi connectivity index (χ0) is 15.5. The Hall–Kier alpha value is -3.15.